The van der Waals surface area contributed by atoms with Crippen molar-refractivity contribution < 1.29 is 18.8 Å². The highest BCUT2D eigenvalue weighted by Gasteiger charge is 2.52. The molecule has 0 aromatic carbocycles. The van der Waals surface area contributed by atoms with Crippen LogP contribution < -0.4 is 0 Å². The van der Waals surface area contributed by atoms with Gasteiger partial charge in [-0.25, -0.2) is 0 Å². The average Bonchev–Trinajstić information content (AvgIpc) is 2.59. The number of carbonyl (C=O) groups is 1. The van der Waals surface area contributed by atoms with E-state index < -0.39 is 0 Å². The Morgan fingerprint density at radius 3 is 2.50 bits per heavy atom. The first-order valence-electron chi connectivity index (χ1n) is 7.48. The van der Waals surface area contributed by atoms with Crippen LogP contribution in [-0.4, -0.2) is 30.9 Å². The van der Waals surface area contributed by atoms with Crippen molar-refractivity contribution >= 4 is 13.1 Å². The summed E-state index contributed by atoms with van der Waals surface area (Å²) >= 11 is 0. The fourth-order valence-electron chi connectivity index (χ4n) is 2.59. The van der Waals surface area contributed by atoms with Crippen molar-refractivity contribution in [2.24, 2.45) is 5.92 Å². The molecule has 5 heteroatoms. The van der Waals surface area contributed by atoms with Crippen LogP contribution in [0.25, 0.3) is 0 Å². The van der Waals surface area contributed by atoms with Crippen LogP contribution in [0.1, 0.15) is 53.9 Å². The molecule has 1 unspecified atom stereocenters. The Morgan fingerprint density at radius 1 is 1.35 bits per heavy atom. The lowest BCUT2D eigenvalue weighted by Gasteiger charge is -2.32. The van der Waals surface area contributed by atoms with Crippen LogP contribution in [0.2, 0.25) is 0 Å². The number of ether oxygens (including phenoxy) is 1. The van der Waals surface area contributed by atoms with Crippen LogP contribution in [0, 0.1) is 5.92 Å². The molecule has 0 amide bonds. The van der Waals surface area contributed by atoms with Crippen LogP contribution >= 0.6 is 0 Å². The molecule has 112 valence electrons. The first-order valence-corrected chi connectivity index (χ1v) is 7.48. The van der Waals surface area contributed by atoms with E-state index >= 15 is 0 Å². The first kappa shape index (κ1) is 15.6. The lowest BCUT2D eigenvalue weighted by Crippen LogP contribution is -2.41. The second-order valence-electron chi connectivity index (χ2n) is 6.60. The maximum absolute atomic E-state index is 11.9. The Bertz CT molecular complexity index is 398. The minimum absolute atomic E-state index is 0.0611. The summed E-state index contributed by atoms with van der Waals surface area (Å²) in [5, 5.41) is 0. The molecule has 0 N–H and O–H groups in total. The van der Waals surface area contributed by atoms with E-state index in [1.807, 2.05) is 34.6 Å². The van der Waals surface area contributed by atoms with E-state index in [2.05, 4.69) is 6.08 Å². The Morgan fingerprint density at radius 2 is 1.95 bits per heavy atom. The Hall–Kier alpha value is -0.805. The Kier molecular flexibility index (Phi) is 4.31. The fraction of sp³-hybridized carbons (Fsp3) is 0.800. The number of esters is 1. The summed E-state index contributed by atoms with van der Waals surface area (Å²) in [7, 11) is -0.336. The molecule has 2 rings (SSSR count). The lowest BCUT2D eigenvalue weighted by atomic mass is 9.69. The molecule has 1 fully saturated rings. The molecular formula is C15H25BO4. The van der Waals surface area contributed by atoms with Crippen molar-refractivity contribution in [1.82, 2.24) is 0 Å². The zero-order valence-electron chi connectivity index (χ0n) is 13.2. The van der Waals surface area contributed by atoms with Gasteiger partial charge >= 0.3 is 13.1 Å². The third-order valence-corrected chi connectivity index (χ3v) is 4.58. The van der Waals surface area contributed by atoms with Gasteiger partial charge in [0.15, 0.2) is 0 Å². The summed E-state index contributed by atoms with van der Waals surface area (Å²) < 4.78 is 17.2. The van der Waals surface area contributed by atoms with Gasteiger partial charge in [-0.05, 0) is 59.4 Å². The number of hydrogen-bond acceptors (Lipinski definition) is 4. The van der Waals surface area contributed by atoms with Crippen molar-refractivity contribution in [3.63, 3.8) is 0 Å². The zero-order chi connectivity index (χ0) is 15.0. The van der Waals surface area contributed by atoms with Gasteiger partial charge in [0.1, 0.15) is 0 Å². The third kappa shape index (κ3) is 2.94. The smallest absolute Gasteiger partial charge is 0.466 e. The summed E-state index contributed by atoms with van der Waals surface area (Å²) in [5.41, 5.74) is 0.401. The molecule has 1 aliphatic carbocycles. The van der Waals surface area contributed by atoms with Gasteiger partial charge in [0.2, 0.25) is 0 Å². The van der Waals surface area contributed by atoms with Gasteiger partial charge in [0.05, 0.1) is 23.7 Å². The molecule has 1 aliphatic heterocycles. The first-order chi connectivity index (χ1) is 9.27. The molecule has 1 saturated heterocycles. The van der Waals surface area contributed by atoms with E-state index in [1.165, 1.54) is 0 Å². The molecule has 1 heterocycles. The van der Waals surface area contributed by atoms with Crippen molar-refractivity contribution in [2.45, 2.75) is 65.1 Å². The molecule has 0 aromatic rings. The molecule has 0 bridgehead atoms. The fourth-order valence-corrected chi connectivity index (χ4v) is 2.59. The predicted molar refractivity (Wildman–Crippen MR) is 78.1 cm³/mol. The molecule has 1 atom stereocenters. The quantitative estimate of drug-likeness (QED) is 0.589. The minimum atomic E-state index is -0.338. The summed E-state index contributed by atoms with van der Waals surface area (Å²) in [6, 6.07) is 0. The van der Waals surface area contributed by atoms with Crippen LogP contribution in [0.15, 0.2) is 11.5 Å². The van der Waals surface area contributed by atoms with Crippen molar-refractivity contribution in [3.05, 3.63) is 11.5 Å². The largest absolute Gasteiger partial charge is 0.490 e. The van der Waals surface area contributed by atoms with E-state index in [-0.39, 0.29) is 30.2 Å². The standard InChI is InChI=1S/C15H25BO4/c1-6-18-13(17)11-8-7-9-12(10-11)16-19-14(2,3)15(4,5)20-16/h9,11H,6-8,10H2,1-5H3. The van der Waals surface area contributed by atoms with Gasteiger partial charge in [-0.15, -0.1) is 0 Å². The van der Waals surface area contributed by atoms with E-state index in [0.717, 1.165) is 18.3 Å². The molecular weight excluding hydrogens is 255 g/mol. The molecule has 0 spiro atoms. The highest BCUT2D eigenvalue weighted by Crippen LogP contribution is 2.40. The molecule has 2 aliphatic rings. The highest BCUT2D eigenvalue weighted by molar-refractivity contribution is 6.54. The van der Waals surface area contributed by atoms with Crippen molar-refractivity contribution in [3.8, 4) is 0 Å². The Labute approximate surface area is 122 Å². The monoisotopic (exact) mass is 280 g/mol. The van der Waals surface area contributed by atoms with E-state index in [0.29, 0.717) is 13.0 Å². The van der Waals surface area contributed by atoms with Crippen molar-refractivity contribution in [1.29, 1.82) is 0 Å². The maximum Gasteiger partial charge on any atom is 0.490 e. The molecule has 0 saturated carbocycles. The van der Waals surface area contributed by atoms with Crippen molar-refractivity contribution in [2.75, 3.05) is 6.61 Å². The van der Waals surface area contributed by atoms with E-state index in [9.17, 15) is 4.79 Å². The second-order valence-corrected chi connectivity index (χ2v) is 6.60. The SMILES string of the molecule is CCOC(=O)C1CCC=C(B2OC(C)(C)C(C)(C)O2)C1. The topological polar surface area (TPSA) is 44.8 Å². The van der Waals surface area contributed by atoms with Crippen LogP contribution in [0.3, 0.4) is 0 Å². The third-order valence-electron chi connectivity index (χ3n) is 4.58. The normalized spacial score (nSPS) is 28.1. The molecule has 0 radical (unpaired) electrons. The van der Waals surface area contributed by atoms with Gasteiger partial charge in [0.25, 0.3) is 0 Å². The van der Waals surface area contributed by atoms with Crippen LogP contribution in [-0.2, 0) is 18.8 Å². The number of carbonyl (C=O) groups excluding carboxylic acids is 1. The van der Waals surface area contributed by atoms with Gasteiger partial charge in [-0.2, -0.15) is 0 Å². The predicted octanol–water partition coefficient (Wildman–Crippen LogP) is 2.91. The lowest BCUT2D eigenvalue weighted by molar-refractivity contribution is -0.148. The van der Waals surface area contributed by atoms with E-state index in [4.69, 9.17) is 14.0 Å². The van der Waals surface area contributed by atoms with E-state index in [1.54, 1.807) is 0 Å². The zero-order valence-corrected chi connectivity index (χ0v) is 13.2. The van der Waals surface area contributed by atoms with Gasteiger partial charge in [0, 0.05) is 0 Å². The number of hydrogen-bond donors (Lipinski definition) is 0. The van der Waals surface area contributed by atoms with Gasteiger partial charge in [-0.3, -0.25) is 4.79 Å². The average molecular weight is 280 g/mol. The highest BCUT2D eigenvalue weighted by atomic mass is 16.7. The summed E-state index contributed by atoms with van der Waals surface area (Å²) in [6.45, 7) is 10.4. The molecule has 20 heavy (non-hydrogen) atoms. The molecule has 0 aromatic heterocycles. The summed E-state index contributed by atoms with van der Waals surface area (Å²) in [4.78, 5) is 11.9. The van der Waals surface area contributed by atoms with Crippen LogP contribution in [0.5, 0.6) is 0 Å². The number of rotatable bonds is 3. The minimum Gasteiger partial charge on any atom is -0.466 e. The summed E-state index contributed by atoms with van der Waals surface area (Å²) in [6.07, 6.45) is 4.55. The second kappa shape index (κ2) is 5.53. The van der Waals surface area contributed by atoms with Crippen LogP contribution in [0.4, 0.5) is 0 Å². The van der Waals surface area contributed by atoms with Gasteiger partial charge < -0.3 is 14.0 Å². The maximum atomic E-state index is 11.9. The van der Waals surface area contributed by atoms with Gasteiger partial charge in [-0.1, -0.05) is 6.08 Å². The summed E-state index contributed by atoms with van der Waals surface area (Å²) in [5.74, 6) is -0.163. The number of allylic oxidation sites excluding steroid dienone is 2. The molecule has 4 nitrogen and oxygen atoms in total. The Balaban J connectivity index is 2.04.